The molecule has 3 aromatic carbocycles. The van der Waals surface area contributed by atoms with Crippen molar-refractivity contribution in [3.05, 3.63) is 76.3 Å². The van der Waals surface area contributed by atoms with E-state index in [1.54, 1.807) is 31.2 Å². The highest BCUT2D eigenvalue weighted by molar-refractivity contribution is 7.92. The lowest BCUT2D eigenvalue weighted by Crippen LogP contribution is -2.26. The molecule has 7 nitrogen and oxygen atoms in total. The molecule has 0 saturated carbocycles. The van der Waals surface area contributed by atoms with Gasteiger partial charge in [0.1, 0.15) is 16.5 Å². The molecule has 0 saturated heterocycles. The summed E-state index contributed by atoms with van der Waals surface area (Å²) in [4.78, 5) is 16.3. The maximum absolute atomic E-state index is 14.5. The average Bonchev–Trinajstić information content (AvgIpc) is 2.76. The smallest absolute Gasteiger partial charge is 0.277 e. The van der Waals surface area contributed by atoms with Crippen molar-refractivity contribution in [1.82, 2.24) is 5.06 Å². The Bertz CT molecular complexity index is 1350. The number of hydrogen-bond acceptors (Lipinski definition) is 5. The first-order valence-corrected chi connectivity index (χ1v) is 11.2. The minimum Gasteiger partial charge on any atom is -0.505 e. The first-order valence-electron chi connectivity index (χ1n) is 9.38. The van der Waals surface area contributed by atoms with Crippen LogP contribution in [0.3, 0.4) is 0 Å². The third kappa shape index (κ3) is 5.08. The molecule has 33 heavy (non-hydrogen) atoms. The van der Waals surface area contributed by atoms with E-state index in [1.807, 2.05) is 4.72 Å². The van der Waals surface area contributed by atoms with E-state index in [2.05, 4.69) is 0 Å². The highest BCUT2D eigenvalue weighted by atomic mass is 35.5. The molecular formula is C22H19ClF2N2O5S. The fraction of sp³-hybridized carbons (Fsp3) is 0.136. The van der Waals surface area contributed by atoms with Crippen LogP contribution in [0.4, 0.5) is 14.5 Å². The van der Waals surface area contributed by atoms with E-state index in [1.165, 1.54) is 14.2 Å². The van der Waals surface area contributed by atoms with Crippen LogP contribution in [-0.2, 0) is 14.9 Å². The van der Waals surface area contributed by atoms with Crippen LogP contribution >= 0.6 is 11.6 Å². The number of anilines is 1. The SMILES string of the molecule is CON(C)C(=O)c1cc(Cl)c(O)c(S(=O)(=O)Nc2cc(-c3cccc(C)c3)c(F)cc2F)c1. The Labute approximate surface area is 194 Å². The lowest BCUT2D eigenvalue weighted by Gasteiger charge is -2.16. The molecule has 0 radical (unpaired) electrons. The van der Waals surface area contributed by atoms with E-state index in [9.17, 15) is 27.1 Å². The summed E-state index contributed by atoms with van der Waals surface area (Å²) in [6.45, 7) is 1.79. The van der Waals surface area contributed by atoms with Crippen LogP contribution in [0.2, 0.25) is 5.02 Å². The Morgan fingerprint density at radius 3 is 2.45 bits per heavy atom. The van der Waals surface area contributed by atoms with Gasteiger partial charge in [-0.25, -0.2) is 22.3 Å². The van der Waals surface area contributed by atoms with Crippen LogP contribution < -0.4 is 4.72 Å². The molecule has 2 N–H and O–H groups in total. The normalized spacial score (nSPS) is 11.3. The fourth-order valence-corrected chi connectivity index (χ4v) is 4.51. The van der Waals surface area contributed by atoms with Gasteiger partial charge in [0.2, 0.25) is 0 Å². The number of phenolic OH excluding ortho intramolecular Hbond substituents is 1. The summed E-state index contributed by atoms with van der Waals surface area (Å²) in [7, 11) is -2.14. The second-order valence-electron chi connectivity index (χ2n) is 7.08. The Balaban J connectivity index is 2.08. The number of benzene rings is 3. The lowest BCUT2D eigenvalue weighted by atomic mass is 10.0. The molecule has 0 heterocycles. The molecule has 0 fully saturated rings. The molecule has 1 amide bonds. The zero-order chi connectivity index (χ0) is 24.5. The molecule has 11 heteroatoms. The number of carbonyl (C=O) groups excluding carboxylic acids is 1. The summed E-state index contributed by atoms with van der Waals surface area (Å²) in [5.41, 5.74) is 0.428. The van der Waals surface area contributed by atoms with Gasteiger partial charge in [-0.15, -0.1) is 0 Å². The van der Waals surface area contributed by atoms with Crippen molar-refractivity contribution in [2.24, 2.45) is 0 Å². The number of aromatic hydroxyl groups is 1. The maximum Gasteiger partial charge on any atom is 0.277 e. The zero-order valence-electron chi connectivity index (χ0n) is 17.7. The predicted octanol–water partition coefficient (Wildman–Crippen LogP) is 4.73. The zero-order valence-corrected chi connectivity index (χ0v) is 19.3. The van der Waals surface area contributed by atoms with E-state index >= 15 is 0 Å². The Hall–Kier alpha value is -3.21. The van der Waals surface area contributed by atoms with Crippen molar-refractivity contribution in [3.63, 3.8) is 0 Å². The summed E-state index contributed by atoms with van der Waals surface area (Å²) >= 11 is 5.91. The number of carbonyl (C=O) groups is 1. The maximum atomic E-state index is 14.5. The standard InChI is InChI=1S/C22H19ClF2N2O5S/c1-12-5-4-6-13(7-12)15-10-19(18(25)11-17(15)24)26-33(30,31)20-9-14(8-16(23)21(20)28)22(29)27(2)32-3/h4-11,26,28H,1-3H3. The summed E-state index contributed by atoms with van der Waals surface area (Å²) in [6, 6.07) is 10.2. The monoisotopic (exact) mass is 496 g/mol. The molecule has 174 valence electrons. The molecule has 0 aromatic heterocycles. The molecular weight excluding hydrogens is 478 g/mol. The number of hydroxylamine groups is 2. The molecule has 3 aromatic rings. The molecule has 0 unspecified atom stereocenters. The number of halogens is 3. The van der Waals surface area contributed by atoms with Gasteiger partial charge >= 0.3 is 0 Å². The largest absolute Gasteiger partial charge is 0.505 e. The van der Waals surface area contributed by atoms with Crippen LogP contribution in [0.25, 0.3) is 11.1 Å². The van der Waals surface area contributed by atoms with Gasteiger partial charge in [-0.1, -0.05) is 41.4 Å². The number of rotatable bonds is 6. The van der Waals surface area contributed by atoms with E-state index in [-0.39, 0.29) is 11.1 Å². The summed E-state index contributed by atoms with van der Waals surface area (Å²) in [5, 5.41) is 10.6. The van der Waals surface area contributed by atoms with Gasteiger partial charge in [0.15, 0.2) is 5.75 Å². The molecule has 3 rings (SSSR count). The number of nitrogens with one attached hydrogen (secondary N) is 1. The quantitative estimate of drug-likeness (QED) is 0.481. The number of hydrogen-bond donors (Lipinski definition) is 2. The third-order valence-electron chi connectivity index (χ3n) is 4.75. The summed E-state index contributed by atoms with van der Waals surface area (Å²) in [6.07, 6.45) is 0. The fourth-order valence-electron chi connectivity index (χ4n) is 3.03. The molecule has 0 aliphatic rings. The van der Waals surface area contributed by atoms with Crippen molar-refractivity contribution in [2.75, 3.05) is 18.9 Å². The predicted molar refractivity (Wildman–Crippen MR) is 120 cm³/mol. The van der Waals surface area contributed by atoms with Crippen LogP contribution in [0.15, 0.2) is 53.4 Å². The van der Waals surface area contributed by atoms with E-state index in [4.69, 9.17) is 16.4 Å². The van der Waals surface area contributed by atoms with E-state index in [0.717, 1.165) is 28.8 Å². The van der Waals surface area contributed by atoms with Gasteiger partial charge in [0.05, 0.1) is 17.8 Å². The van der Waals surface area contributed by atoms with Crippen LogP contribution in [0.1, 0.15) is 15.9 Å². The second-order valence-corrected chi connectivity index (χ2v) is 9.13. The summed E-state index contributed by atoms with van der Waals surface area (Å²) in [5.74, 6) is -3.65. The molecule has 0 spiro atoms. The molecule has 0 atom stereocenters. The van der Waals surface area contributed by atoms with Gasteiger partial charge in [0, 0.05) is 24.2 Å². The Kier molecular flexibility index (Phi) is 6.92. The Morgan fingerprint density at radius 2 is 1.82 bits per heavy atom. The summed E-state index contributed by atoms with van der Waals surface area (Å²) < 4.78 is 56.9. The highest BCUT2D eigenvalue weighted by Gasteiger charge is 2.26. The number of phenols is 1. The first kappa shape index (κ1) is 24.4. The topological polar surface area (TPSA) is 95.9 Å². The number of amides is 1. The van der Waals surface area contributed by atoms with Crippen LogP contribution in [0, 0.1) is 18.6 Å². The molecule has 0 aliphatic heterocycles. The van der Waals surface area contributed by atoms with Gasteiger partial charge in [-0.05, 0) is 30.7 Å². The van der Waals surface area contributed by atoms with Crippen molar-refractivity contribution in [2.45, 2.75) is 11.8 Å². The van der Waals surface area contributed by atoms with E-state index in [0.29, 0.717) is 11.6 Å². The van der Waals surface area contributed by atoms with Crippen molar-refractivity contribution < 1.29 is 31.9 Å². The third-order valence-corrected chi connectivity index (χ3v) is 6.42. The minimum atomic E-state index is -4.66. The van der Waals surface area contributed by atoms with Crippen molar-refractivity contribution in [1.29, 1.82) is 0 Å². The minimum absolute atomic E-state index is 0.0364. The number of sulfonamides is 1. The van der Waals surface area contributed by atoms with Gasteiger partial charge in [0.25, 0.3) is 15.9 Å². The highest BCUT2D eigenvalue weighted by Crippen LogP contribution is 2.35. The van der Waals surface area contributed by atoms with E-state index < -0.39 is 48.9 Å². The van der Waals surface area contributed by atoms with Gasteiger partial charge in [-0.3, -0.25) is 14.4 Å². The second kappa shape index (κ2) is 9.34. The van der Waals surface area contributed by atoms with Crippen molar-refractivity contribution >= 4 is 33.2 Å². The van der Waals surface area contributed by atoms with Crippen LogP contribution in [0.5, 0.6) is 5.75 Å². The average molecular weight is 497 g/mol. The number of nitrogens with zero attached hydrogens (tertiary/aromatic N) is 1. The first-order chi connectivity index (χ1) is 15.4. The van der Waals surface area contributed by atoms with Gasteiger partial charge in [-0.2, -0.15) is 0 Å². The Morgan fingerprint density at radius 1 is 1.12 bits per heavy atom. The molecule has 0 bridgehead atoms. The molecule has 0 aliphatic carbocycles. The lowest BCUT2D eigenvalue weighted by molar-refractivity contribution is -0.0757. The van der Waals surface area contributed by atoms with Gasteiger partial charge < -0.3 is 5.11 Å². The van der Waals surface area contributed by atoms with Crippen LogP contribution in [-0.4, -0.2) is 38.7 Å². The van der Waals surface area contributed by atoms with Crippen molar-refractivity contribution in [3.8, 4) is 16.9 Å². The number of aryl methyl sites for hydroxylation is 1.